The molecule has 1 rings (SSSR count). The van der Waals surface area contributed by atoms with Gasteiger partial charge in [0, 0.05) is 26.2 Å². The van der Waals surface area contributed by atoms with E-state index in [0.29, 0.717) is 6.54 Å². The average Bonchev–Trinajstić information content (AvgIpc) is 2.43. The van der Waals surface area contributed by atoms with Gasteiger partial charge in [-0.05, 0) is 19.9 Å². The van der Waals surface area contributed by atoms with E-state index in [-0.39, 0.29) is 0 Å². The molecule has 4 nitrogen and oxygen atoms in total. The van der Waals surface area contributed by atoms with Gasteiger partial charge in [-0.15, -0.1) is 6.42 Å². The topological polar surface area (TPSA) is 39.7 Å². The Morgan fingerprint density at radius 2 is 2.06 bits per heavy atom. The maximum absolute atomic E-state index is 5.20. The van der Waals surface area contributed by atoms with Crippen LogP contribution in [-0.2, 0) is 0 Å². The Kier molecular flexibility index (Phi) is 7.28. The number of likely N-dealkylation sites (N-methyl/N-ethyl adjacent to an activating group) is 1. The fourth-order valence-electron chi connectivity index (χ4n) is 2.41. The van der Waals surface area contributed by atoms with Crippen molar-refractivity contribution in [3.05, 3.63) is 0 Å². The molecule has 0 amide bonds. The predicted octanol–water partition coefficient (Wildman–Crippen LogP) is 1.05. The minimum Gasteiger partial charge on any atom is -0.355 e. The van der Waals surface area contributed by atoms with Crippen LogP contribution in [0.4, 0.5) is 0 Å². The first-order valence-electron chi connectivity index (χ1n) is 6.86. The summed E-state index contributed by atoms with van der Waals surface area (Å²) in [7, 11) is 3.98. The molecule has 0 radical (unpaired) electrons. The molecule has 0 heterocycles. The van der Waals surface area contributed by atoms with E-state index in [0.717, 1.165) is 25.1 Å². The molecule has 18 heavy (non-hydrogen) atoms. The van der Waals surface area contributed by atoms with Gasteiger partial charge in [0.15, 0.2) is 5.96 Å². The number of hydrogen-bond acceptors (Lipinski definition) is 2. The molecule has 0 bridgehead atoms. The molecule has 1 fully saturated rings. The number of nitrogens with one attached hydrogen (secondary N) is 2. The van der Waals surface area contributed by atoms with Crippen LogP contribution < -0.4 is 10.6 Å². The lowest BCUT2D eigenvalue weighted by atomic mass is 9.94. The summed E-state index contributed by atoms with van der Waals surface area (Å²) in [5.74, 6) is 3.32. The zero-order chi connectivity index (χ0) is 13.2. The van der Waals surface area contributed by atoms with E-state index >= 15 is 0 Å². The van der Waals surface area contributed by atoms with Crippen molar-refractivity contribution in [3.63, 3.8) is 0 Å². The molecule has 0 aromatic carbocycles. The van der Waals surface area contributed by atoms with Gasteiger partial charge in [-0.3, -0.25) is 4.99 Å². The summed E-state index contributed by atoms with van der Waals surface area (Å²) in [5, 5.41) is 6.33. The molecule has 1 saturated carbocycles. The van der Waals surface area contributed by atoms with Gasteiger partial charge in [0.2, 0.25) is 0 Å². The number of rotatable bonds is 5. The Hall–Kier alpha value is -1.21. The second kappa shape index (κ2) is 8.82. The quantitative estimate of drug-likeness (QED) is 0.435. The van der Waals surface area contributed by atoms with Gasteiger partial charge in [-0.25, -0.2) is 0 Å². The van der Waals surface area contributed by atoms with Gasteiger partial charge in [0.25, 0.3) is 0 Å². The molecule has 102 valence electrons. The Bertz CT molecular complexity index is 287. The molecule has 0 aromatic rings. The SMILES string of the molecule is C#CCNC(=NC)NCCN(C)C1CCCCC1. The van der Waals surface area contributed by atoms with E-state index < -0.39 is 0 Å². The third-order valence-electron chi connectivity index (χ3n) is 3.54. The first kappa shape index (κ1) is 14.8. The summed E-state index contributed by atoms with van der Waals surface area (Å²) in [5.41, 5.74) is 0. The third kappa shape index (κ3) is 5.42. The first-order valence-corrected chi connectivity index (χ1v) is 6.86. The van der Waals surface area contributed by atoms with Crippen molar-refractivity contribution in [1.29, 1.82) is 0 Å². The highest BCUT2D eigenvalue weighted by molar-refractivity contribution is 5.79. The summed E-state index contributed by atoms with van der Waals surface area (Å²) in [4.78, 5) is 6.57. The van der Waals surface area contributed by atoms with Crippen LogP contribution in [0.3, 0.4) is 0 Å². The molecule has 1 aliphatic carbocycles. The lowest BCUT2D eigenvalue weighted by Crippen LogP contribution is -2.43. The third-order valence-corrected chi connectivity index (χ3v) is 3.54. The lowest BCUT2D eigenvalue weighted by Gasteiger charge is -2.31. The molecule has 0 aromatic heterocycles. The minimum atomic E-state index is 0.512. The first-order chi connectivity index (χ1) is 8.77. The summed E-state index contributed by atoms with van der Waals surface area (Å²) in [6, 6.07) is 0.765. The Labute approximate surface area is 111 Å². The van der Waals surface area contributed by atoms with Crippen LogP contribution in [0, 0.1) is 12.3 Å². The molecule has 0 atom stereocenters. The van der Waals surface area contributed by atoms with E-state index in [4.69, 9.17) is 6.42 Å². The molecular weight excluding hydrogens is 224 g/mol. The number of guanidine groups is 1. The highest BCUT2D eigenvalue weighted by Crippen LogP contribution is 2.20. The second-order valence-corrected chi connectivity index (χ2v) is 4.83. The summed E-state index contributed by atoms with van der Waals surface area (Å²) in [6.07, 6.45) is 12.1. The number of aliphatic imine (C=N–C) groups is 1. The van der Waals surface area contributed by atoms with E-state index in [1.807, 2.05) is 0 Å². The van der Waals surface area contributed by atoms with Crippen molar-refractivity contribution in [2.75, 3.05) is 33.7 Å². The molecule has 2 N–H and O–H groups in total. The lowest BCUT2D eigenvalue weighted by molar-refractivity contribution is 0.194. The normalized spacial score (nSPS) is 17.6. The number of nitrogens with zero attached hydrogens (tertiary/aromatic N) is 2. The molecule has 0 spiro atoms. The molecule has 0 saturated heterocycles. The largest absolute Gasteiger partial charge is 0.355 e. The fourth-order valence-corrected chi connectivity index (χ4v) is 2.41. The standard InChI is InChI=1S/C14H26N4/c1-4-10-16-14(15-2)17-11-12-18(3)13-8-6-5-7-9-13/h1,13H,5-12H2,2-3H3,(H2,15,16,17). The van der Waals surface area contributed by atoms with Crippen LogP contribution in [0.2, 0.25) is 0 Å². The second-order valence-electron chi connectivity index (χ2n) is 4.83. The molecular formula is C14H26N4. The maximum Gasteiger partial charge on any atom is 0.191 e. The summed E-state index contributed by atoms with van der Waals surface area (Å²) < 4.78 is 0. The highest BCUT2D eigenvalue weighted by atomic mass is 15.2. The Balaban J connectivity index is 2.17. The Morgan fingerprint density at radius 3 is 2.67 bits per heavy atom. The van der Waals surface area contributed by atoms with Crippen LogP contribution in [-0.4, -0.2) is 50.6 Å². The maximum atomic E-state index is 5.20. The van der Waals surface area contributed by atoms with Crippen molar-refractivity contribution >= 4 is 5.96 Å². The molecule has 0 aliphatic heterocycles. The zero-order valence-corrected chi connectivity index (χ0v) is 11.7. The fraction of sp³-hybridized carbons (Fsp3) is 0.786. The predicted molar refractivity (Wildman–Crippen MR) is 77.7 cm³/mol. The van der Waals surface area contributed by atoms with Crippen LogP contribution in [0.5, 0.6) is 0 Å². The van der Waals surface area contributed by atoms with E-state index in [1.165, 1.54) is 32.1 Å². The van der Waals surface area contributed by atoms with Crippen molar-refractivity contribution in [2.45, 2.75) is 38.1 Å². The molecule has 4 heteroatoms. The van der Waals surface area contributed by atoms with E-state index in [2.05, 4.69) is 33.5 Å². The van der Waals surface area contributed by atoms with Crippen LogP contribution in [0.15, 0.2) is 4.99 Å². The minimum absolute atomic E-state index is 0.512. The number of hydrogen-bond donors (Lipinski definition) is 2. The van der Waals surface area contributed by atoms with E-state index in [9.17, 15) is 0 Å². The Morgan fingerprint density at radius 1 is 1.33 bits per heavy atom. The monoisotopic (exact) mass is 250 g/mol. The highest BCUT2D eigenvalue weighted by Gasteiger charge is 2.17. The van der Waals surface area contributed by atoms with Crippen molar-refractivity contribution < 1.29 is 0 Å². The smallest absolute Gasteiger partial charge is 0.191 e. The van der Waals surface area contributed by atoms with Gasteiger partial charge in [0.1, 0.15) is 0 Å². The summed E-state index contributed by atoms with van der Waals surface area (Å²) >= 11 is 0. The molecule has 0 unspecified atom stereocenters. The van der Waals surface area contributed by atoms with Gasteiger partial charge in [-0.2, -0.15) is 0 Å². The summed E-state index contributed by atoms with van der Waals surface area (Å²) in [6.45, 7) is 2.46. The van der Waals surface area contributed by atoms with Crippen LogP contribution >= 0.6 is 0 Å². The number of terminal acetylenes is 1. The average molecular weight is 250 g/mol. The van der Waals surface area contributed by atoms with Crippen molar-refractivity contribution in [2.24, 2.45) is 4.99 Å². The van der Waals surface area contributed by atoms with Gasteiger partial charge >= 0.3 is 0 Å². The van der Waals surface area contributed by atoms with Gasteiger partial charge in [0.05, 0.1) is 6.54 Å². The van der Waals surface area contributed by atoms with Crippen LogP contribution in [0.25, 0.3) is 0 Å². The zero-order valence-electron chi connectivity index (χ0n) is 11.7. The van der Waals surface area contributed by atoms with Crippen molar-refractivity contribution in [3.8, 4) is 12.3 Å². The molecule has 1 aliphatic rings. The van der Waals surface area contributed by atoms with Crippen molar-refractivity contribution in [1.82, 2.24) is 15.5 Å². The van der Waals surface area contributed by atoms with Gasteiger partial charge in [-0.1, -0.05) is 25.2 Å². The van der Waals surface area contributed by atoms with Crippen LogP contribution in [0.1, 0.15) is 32.1 Å². The van der Waals surface area contributed by atoms with E-state index in [1.54, 1.807) is 7.05 Å². The van der Waals surface area contributed by atoms with Gasteiger partial charge < -0.3 is 15.5 Å².